The Kier molecular flexibility index (Phi) is 5.22. The Morgan fingerprint density at radius 1 is 1.38 bits per heavy atom. The second-order valence-corrected chi connectivity index (χ2v) is 7.60. The SMILES string of the molecule is CC(C)(C)OC(=O)NC(C)(C)C1CN(c2ccc(N)nc2)CCO1. The van der Waals surface area contributed by atoms with E-state index in [1.165, 1.54) is 0 Å². The largest absolute Gasteiger partial charge is 0.444 e. The third-order valence-corrected chi connectivity index (χ3v) is 3.83. The van der Waals surface area contributed by atoms with Crippen LogP contribution in [0.4, 0.5) is 16.3 Å². The zero-order chi connectivity index (χ0) is 18.0. The summed E-state index contributed by atoms with van der Waals surface area (Å²) < 4.78 is 11.2. The number of nitrogens with one attached hydrogen (secondary N) is 1. The molecule has 1 atom stereocenters. The summed E-state index contributed by atoms with van der Waals surface area (Å²) in [5.74, 6) is 0.496. The topological polar surface area (TPSA) is 89.7 Å². The summed E-state index contributed by atoms with van der Waals surface area (Å²) in [5.41, 5.74) is 5.53. The van der Waals surface area contributed by atoms with Crippen molar-refractivity contribution in [2.45, 2.75) is 51.9 Å². The van der Waals surface area contributed by atoms with Crippen LogP contribution in [-0.2, 0) is 9.47 Å². The molecule has 1 aromatic heterocycles. The Bertz CT molecular complexity index is 566. The smallest absolute Gasteiger partial charge is 0.408 e. The molecule has 7 heteroatoms. The van der Waals surface area contributed by atoms with Gasteiger partial charge in [0.05, 0.1) is 30.1 Å². The molecule has 0 aromatic carbocycles. The van der Waals surface area contributed by atoms with E-state index in [1.807, 2.05) is 40.7 Å². The summed E-state index contributed by atoms with van der Waals surface area (Å²) in [6.07, 6.45) is 1.14. The van der Waals surface area contributed by atoms with E-state index in [4.69, 9.17) is 15.2 Å². The van der Waals surface area contributed by atoms with Crippen LogP contribution in [-0.4, -0.2) is 48.0 Å². The molecule has 0 saturated carbocycles. The van der Waals surface area contributed by atoms with Crippen molar-refractivity contribution >= 4 is 17.6 Å². The molecule has 0 radical (unpaired) electrons. The number of ether oxygens (including phenoxy) is 2. The van der Waals surface area contributed by atoms with Crippen LogP contribution < -0.4 is 16.0 Å². The molecule has 7 nitrogen and oxygen atoms in total. The number of hydrogen-bond donors (Lipinski definition) is 2. The average molecular weight is 336 g/mol. The van der Waals surface area contributed by atoms with E-state index in [1.54, 1.807) is 12.3 Å². The third-order valence-electron chi connectivity index (χ3n) is 3.83. The quantitative estimate of drug-likeness (QED) is 0.879. The van der Waals surface area contributed by atoms with Gasteiger partial charge in [0.25, 0.3) is 0 Å². The van der Waals surface area contributed by atoms with Crippen LogP contribution in [0, 0.1) is 0 Å². The lowest BCUT2D eigenvalue weighted by Crippen LogP contribution is -2.60. The number of anilines is 2. The fraction of sp³-hybridized carbons (Fsp3) is 0.647. The molecule has 1 saturated heterocycles. The standard InChI is InChI=1S/C17H28N4O3/c1-16(2,3)24-15(22)20-17(4,5)13-11-21(8-9-23-13)12-6-7-14(18)19-10-12/h6-7,10,13H,8-9,11H2,1-5H3,(H2,18,19)(H,20,22). The molecule has 1 aliphatic heterocycles. The number of rotatable bonds is 3. The first-order valence-electron chi connectivity index (χ1n) is 8.16. The molecule has 24 heavy (non-hydrogen) atoms. The number of aromatic nitrogens is 1. The molecule has 0 bridgehead atoms. The first-order chi connectivity index (χ1) is 11.1. The van der Waals surface area contributed by atoms with Crippen molar-refractivity contribution in [2.24, 2.45) is 0 Å². The van der Waals surface area contributed by atoms with Gasteiger partial charge in [-0.2, -0.15) is 0 Å². The van der Waals surface area contributed by atoms with Gasteiger partial charge in [0.1, 0.15) is 11.4 Å². The molecule has 1 unspecified atom stereocenters. The maximum Gasteiger partial charge on any atom is 0.408 e. The van der Waals surface area contributed by atoms with E-state index in [-0.39, 0.29) is 6.10 Å². The van der Waals surface area contributed by atoms with E-state index in [0.717, 1.165) is 12.2 Å². The highest BCUT2D eigenvalue weighted by molar-refractivity contribution is 5.68. The maximum atomic E-state index is 12.1. The van der Waals surface area contributed by atoms with Gasteiger partial charge < -0.3 is 25.4 Å². The van der Waals surface area contributed by atoms with Gasteiger partial charge in [-0.25, -0.2) is 9.78 Å². The number of carbonyl (C=O) groups excluding carboxylic acids is 1. The number of carbonyl (C=O) groups is 1. The Hall–Kier alpha value is -2.02. The number of pyridine rings is 1. The zero-order valence-electron chi connectivity index (χ0n) is 15.1. The summed E-state index contributed by atoms with van der Waals surface area (Å²) in [6.45, 7) is 11.4. The second kappa shape index (κ2) is 6.84. The van der Waals surface area contributed by atoms with Gasteiger partial charge in [-0.15, -0.1) is 0 Å². The summed E-state index contributed by atoms with van der Waals surface area (Å²) in [6, 6.07) is 3.73. The number of nitrogens with zero attached hydrogens (tertiary/aromatic N) is 2. The van der Waals surface area contributed by atoms with Crippen LogP contribution in [0.3, 0.4) is 0 Å². The molecule has 0 aliphatic carbocycles. The minimum atomic E-state index is -0.567. The van der Waals surface area contributed by atoms with Gasteiger partial charge in [0.15, 0.2) is 0 Å². The van der Waals surface area contributed by atoms with Gasteiger partial charge in [0, 0.05) is 13.1 Å². The first-order valence-corrected chi connectivity index (χ1v) is 8.16. The monoisotopic (exact) mass is 336 g/mol. The number of alkyl carbamates (subject to hydrolysis) is 1. The van der Waals surface area contributed by atoms with Crippen molar-refractivity contribution in [3.05, 3.63) is 18.3 Å². The highest BCUT2D eigenvalue weighted by Gasteiger charge is 2.37. The Balaban J connectivity index is 2.01. The minimum Gasteiger partial charge on any atom is -0.444 e. The van der Waals surface area contributed by atoms with Crippen molar-refractivity contribution in [3.8, 4) is 0 Å². The van der Waals surface area contributed by atoms with Gasteiger partial charge in [-0.3, -0.25) is 0 Å². The van der Waals surface area contributed by atoms with Gasteiger partial charge >= 0.3 is 6.09 Å². The van der Waals surface area contributed by atoms with Gasteiger partial charge in [0.2, 0.25) is 0 Å². The number of nitrogens with two attached hydrogens (primary N) is 1. The fourth-order valence-electron chi connectivity index (χ4n) is 2.55. The van der Waals surface area contributed by atoms with Crippen molar-refractivity contribution in [1.29, 1.82) is 0 Å². The van der Waals surface area contributed by atoms with Crippen molar-refractivity contribution in [3.63, 3.8) is 0 Å². The first kappa shape index (κ1) is 18.3. The summed E-state index contributed by atoms with van der Waals surface area (Å²) in [4.78, 5) is 18.4. The minimum absolute atomic E-state index is 0.170. The molecular formula is C17H28N4O3. The maximum absolute atomic E-state index is 12.1. The van der Waals surface area contributed by atoms with Crippen LogP contribution in [0.2, 0.25) is 0 Å². The van der Waals surface area contributed by atoms with Crippen LogP contribution in [0.25, 0.3) is 0 Å². The van der Waals surface area contributed by atoms with Gasteiger partial charge in [-0.05, 0) is 46.8 Å². The lowest BCUT2D eigenvalue weighted by atomic mass is 9.95. The molecule has 1 amide bonds. The van der Waals surface area contributed by atoms with E-state index < -0.39 is 17.2 Å². The second-order valence-electron chi connectivity index (χ2n) is 7.60. The van der Waals surface area contributed by atoms with Crippen molar-refractivity contribution in [1.82, 2.24) is 10.3 Å². The highest BCUT2D eigenvalue weighted by atomic mass is 16.6. The molecule has 0 spiro atoms. The molecule has 2 heterocycles. The molecule has 1 aromatic rings. The van der Waals surface area contributed by atoms with E-state index in [9.17, 15) is 4.79 Å². The number of morpholine rings is 1. The molecule has 134 valence electrons. The van der Waals surface area contributed by atoms with E-state index in [2.05, 4.69) is 15.2 Å². The van der Waals surface area contributed by atoms with Crippen molar-refractivity contribution < 1.29 is 14.3 Å². The molecular weight excluding hydrogens is 308 g/mol. The molecule has 2 rings (SSSR count). The molecule has 3 N–H and O–H groups in total. The summed E-state index contributed by atoms with van der Waals surface area (Å²) in [7, 11) is 0. The van der Waals surface area contributed by atoms with Crippen LogP contribution in [0.5, 0.6) is 0 Å². The Morgan fingerprint density at radius 3 is 2.67 bits per heavy atom. The third kappa shape index (κ3) is 4.99. The summed E-state index contributed by atoms with van der Waals surface area (Å²) in [5, 5.41) is 2.92. The van der Waals surface area contributed by atoms with E-state index in [0.29, 0.717) is 19.0 Å². The van der Waals surface area contributed by atoms with Crippen LogP contribution in [0.15, 0.2) is 18.3 Å². The lowest BCUT2D eigenvalue weighted by molar-refractivity contribution is -0.0189. The highest BCUT2D eigenvalue weighted by Crippen LogP contribution is 2.23. The number of hydrogen-bond acceptors (Lipinski definition) is 6. The molecule has 1 aliphatic rings. The predicted molar refractivity (Wildman–Crippen MR) is 94.1 cm³/mol. The molecule has 1 fully saturated rings. The van der Waals surface area contributed by atoms with E-state index >= 15 is 0 Å². The number of amides is 1. The normalized spacial score (nSPS) is 19.0. The Labute approximate surface area is 143 Å². The van der Waals surface area contributed by atoms with Gasteiger partial charge in [-0.1, -0.05) is 0 Å². The van der Waals surface area contributed by atoms with Crippen LogP contribution >= 0.6 is 0 Å². The average Bonchev–Trinajstić information content (AvgIpc) is 2.45. The zero-order valence-corrected chi connectivity index (χ0v) is 15.1. The fourth-order valence-corrected chi connectivity index (χ4v) is 2.55. The Morgan fingerprint density at radius 2 is 2.08 bits per heavy atom. The predicted octanol–water partition coefficient (Wildman–Crippen LogP) is 2.17. The number of nitrogen functional groups attached to an aromatic ring is 1. The summed E-state index contributed by atoms with van der Waals surface area (Å²) >= 11 is 0. The van der Waals surface area contributed by atoms with Crippen molar-refractivity contribution in [2.75, 3.05) is 30.3 Å². The lowest BCUT2D eigenvalue weighted by Gasteiger charge is -2.42. The van der Waals surface area contributed by atoms with Crippen LogP contribution in [0.1, 0.15) is 34.6 Å².